The Bertz CT molecular complexity index is 749. The van der Waals surface area contributed by atoms with Gasteiger partial charge < -0.3 is 4.57 Å². The van der Waals surface area contributed by atoms with Gasteiger partial charge in [0.1, 0.15) is 11.6 Å². The Kier molecular flexibility index (Phi) is 4.01. The molecule has 0 aliphatic heterocycles. The number of thiophene rings is 1. The molecule has 110 valence electrons. The van der Waals surface area contributed by atoms with Crippen LogP contribution in [0.1, 0.15) is 23.2 Å². The van der Waals surface area contributed by atoms with Crippen LogP contribution in [0.3, 0.4) is 0 Å². The number of aryl methyl sites for hydroxylation is 2. The average molecular weight is 304 g/mol. The molecule has 3 N–H and O–H groups in total. The lowest BCUT2D eigenvalue weighted by molar-refractivity contribution is 0.514. The van der Waals surface area contributed by atoms with Crippen LogP contribution >= 0.6 is 11.3 Å². The molecule has 0 fully saturated rings. The van der Waals surface area contributed by atoms with Crippen LogP contribution in [0.15, 0.2) is 36.7 Å². The first-order valence-corrected chi connectivity index (χ1v) is 7.60. The van der Waals surface area contributed by atoms with Crippen molar-refractivity contribution in [3.8, 4) is 0 Å². The number of nitrogens with two attached hydrogens (primary N) is 1. The Morgan fingerprint density at radius 3 is 3.00 bits per heavy atom. The molecule has 2 heterocycles. The molecule has 4 nitrogen and oxygen atoms in total. The van der Waals surface area contributed by atoms with Gasteiger partial charge in [-0.2, -0.15) is 0 Å². The largest absolute Gasteiger partial charge is 0.338 e. The highest BCUT2D eigenvalue weighted by atomic mass is 32.1. The first kappa shape index (κ1) is 14.2. The molecule has 0 saturated heterocycles. The Morgan fingerprint density at radius 2 is 2.29 bits per heavy atom. The third kappa shape index (κ3) is 2.97. The lowest BCUT2D eigenvalue weighted by Gasteiger charge is -2.13. The highest BCUT2D eigenvalue weighted by Crippen LogP contribution is 2.32. The molecule has 1 unspecified atom stereocenters. The fourth-order valence-electron chi connectivity index (χ4n) is 2.43. The third-order valence-electron chi connectivity index (χ3n) is 3.62. The minimum atomic E-state index is -0.211. The number of halogens is 1. The molecule has 0 bridgehead atoms. The molecule has 0 aliphatic rings. The van der Waals surface area contributed by atoms with Gasteiger partial charge in [0, 0.05) is 35.4 Å². The van der Waals surface area contributed by atoms with Crippen molar-refractivity contribution in [3.05, 3.63) is 53.2 Å². The molecule has 21 heavy (non-hydrogen) atoms. The van der Waals surface area contributed by atoms with Crippen LogP contribution in [-0.4, -0.2) is 9.55 Å². The first-order chi connectivity index (χ1) is 10.2. The van der Waals surface area contributed by atoms with Gasteiger partial charge in [-0.05, 0) is 36.1 Å². The molecule has 6 heteroatoms. The van der Waals surface area contributed by atoms with E-state index in [0.717, 1.165) is 33.6 Å². The summed E-state index contributed by atoms with van der Waals surface area (Å²) in [4.78, 5) is 5.44. The number of benzene rings is 1. The summed E-state index contributed by atoms with van der Waals surface area (Å²) in [7, 11) is 1.98. The molecule has 2 aromatic heterocycles. The number of fused-ring (bicyclic) bond motifs is 1. The number of hydrazine groups is 1. The predicted octanol–water partition coefficient (Wildman–Crippen LogP) is 2.91. The highest BCUT2D eigenvalue weighted by molar-refractivity contribution is 7.19. The van der Waals surface area contributed by atoms with E-state index in [1.54, 1.807) is 23.6 Å². The van der Waals surface area contributed by atoms with Crippen molar-refractivity contribution < 1.29 is 4.39 Å². The van der Waals surface area contributed by atoms with E-state index in [1.807, 2.05) is 29.9 Å². The maximum atomic E-state index is 13.3. The number of nitrogens with zero attached hydrogens (tertiary/aromatic N) is 2. The first-order valence-electron chi connectivity index (χ1n) is 6.78. The molecule has 1 aromatic carbocycles. The predicted molar refractivity (Wildman–Crippen MR) is 83.4 cm³/mol. The van der Waals surface area contributed by atoms with Gasteiger partial charge in [-0.25, -0.2) is 9.37 Å². The summed E-state index contributed by atoms with van der Waals surface area (Å²) in [6.45, 7) is 0. The van der Waals surface area contributed by atoms with Gasteiger partial charge in [-0.3, -0.25) is 11.3 Å². The lowest BCUT2D eigenvalue weighted by Crippen LogP contribution is -2.28. The van der Waals surface area contributed by atoms with E-state index >= 15 is 0 Å². The van der Waals surface area contributed by atoms with Crippen LogP contribution < -0.4 is 11.3 Å². The van der Waals surface area contributed by atoms with Gasteiger partial charge in [0.15, 0.2) is 0 Å². The van der Waals surface area contributed by atoms with Crippen molar-refractivity contribution in [1.29, 1.82) is 0 Å². The molecule has 0 saturated carbocycles. The van der Waals surface area contributed by atoms with Crippen molar-refractivity contribution in [3.63, 3.8) is 0 Å². The molecule has 0 aliphatic carbocycles. The zero-order valence-corrected chi connectivity index (χ0v) is 12.5. The number of imidazole rings is 1. The van der Waals surface area contributed by atoms with Crippen LogP contribution in [0.2, 0.25) is 0 Å². The fourth-order valence-corrected chi connectivity index (χ4v) is 3.56. The fraction of sp³-hybridized carbons (Fsp3) is 0.267. The van der Waals surface area contributed by atoms with Crippen molar-refractivity contribution in [2.75, 3.05) is 0 Å². The van der Waals surface area contributed by atoms with Crippen LogP contribution in [0.4, 0.5) is 4.39 Å². The molecule has 0 radical (unpaired) electrons. The lowest BCUT2D eigenvalue weighted by atomic mass is 10.1. The molecule has 0 amide bonds. The molecule has 3 rings (SSSR count). The number of nitrogens with one attached hydrogen (secondary N) is 1. The number of hydrogen-bond donors (Lipinski definition) is 2. The Balaban J connectivity index is 1.79. The van der Waals surface area contributed by atoms with E-state index in [0.29, 0.717) is 0 Å². The number of rotatable bonds is 5. The molecule has 0 spiro atoms. The maximum absolute atomic E-state index is 13.3. The van der Waals surface area contributed by atoms with Gasteiger partial charge in [0.2, 0.25) is 0 Å². The minimum Gasteiger partial charge on any atom is -0.338 e. The summed E-state index contributed by atoms with van der Waals surface area (Å²) in [6, 6.07) is 6.91. The van der Waals surface area contributed by atoms with Gasteiger partial charge >= 0.3 is 0 Å². The Hall–Kier alpha value is -1.76. The summed E-state index contributed by atoms with van der Waals surface area (Å²) < 4.78 is 16.3. The smallest absolute Gasteiger partial charge is 0.123 e. The molecular formula is C15H17FN4S. The summed E-state index contributed by atoms with van der Waals surface area (Å²) in [5.41, 5.74) is 2.86. The standard InChI is InChI=1S/C15H17FN4S/c1-20-7-6-18-15(20)5-3-12(19-17)14-9-10-8-11(16)2-4-13(10)21-14/h2,4,6-9,12,19H,3,5,17H2,1H3. The summed E-state index contributed by atoms with van der Waals surface area (Å²) >= 11 is 1.64. The second-order valence-corrected chi connectivity index (χ2v) is 6.16. The number of aromatic nitrogens is 2. The summed E-state index contributed by atoms with van der Waals surface area (Å²) in [5, 5.41) is 0.923. The normalized spacial score (nSPS) is 12.9. The Labute approximate surface area is 126 Å². The molecular weight excluding hydrogens is 287 g/mol. The van der Waals surface area contributed by atoms with Crippen molar-refractivity contribution in [2.24, 2.45) is 12.9 Å². The summed E-state index contributed by atoms with van der Waals surface area (Å²) in [6.07, 6.45) is 5.41. The zero-order chi connectivity index (χ0) is 14.8. The maximum Gasteiger partial charge on any atom is 0.123 e. The summed E-state index contributed by atoms with van der Waals surface area (Å²) in [5.74, 6) is 6.51. The topological polar surface area (TPSA) is 55.9 Å². The van der Waals surface area contributed by atoms with Crippen LogP contribution in [0.25, 0.3) is 10.1 Å². The van der Waals surface area contributed by atoms with Gasteiger partial charge in [-0.15, -0.1) is 11.3 Å². The zero-order valence-electron chi connectivity index (χ0n) is 11.7. The van der Waals surface area contributed by atoms with Crippen molar-refractivity contribution in [2.45, 2.75) is 18.9 Å². The van der Waals surface area contributed by atoms with E-state index in [2.05, 4.69) is 10.4 Å². The number of hydrogen-bond acceptors (Lipinski definition) is 4. The van der Waals surface area contributed by atoms with E-state index in [9.17, 15) is 4.39 Å². The van der Waals surface area contributed by atoms with Crippen LogP contribution in [0.5, 0.6) is 0 Å². The monoisotopic (exact) mass is 304 g/mol. The van der Waals surface area contributed by atoms with E-state index < -0.39 is 0 Å². The SMILES string of the molecule is Cn1ccnc1CCC(NN)c1cc2cc(F)ccc2s1. The third-order valence-corrected chi connectivity index (χ3v) is 4.85. The van der Waals surface area contributed by atoms with Crippen molar-refractivity contribution in [1.82, 2.24) is 15.0 Å². The second kappa shape index (κ2) is 5.93. The van der Waals surface area contributed by atoms with E-state index in [1.165, 1.54) is 6.07 Å². The van der Waals surface area contributed by atoms with E-state index in [-0.39, 0.29) is 11.9 Å². The van der Waals surface area contributed by atoms with Gasteiger partial charge in [-0.1, -0.05) is 0 Å². The second-order valence-electron chi connectivity index (χ2n) is 5.04. The average Bonchev–Trinajstić information content (AvgIpc) is 3.05. The van der Waals surface area contributed by atoms with Crippen LogP contribution in [0, 0.1) is 5.82 Å². The minimum absolute atomic E-state index is 0.0437. The van der Waals surface area contributed by atoms with Crippen molar-refractivity contribution >= 4 is 21.4 Å². The van der Waals surface area contributed by atoms with Gasteiger partial charge in [0.05, 0.1) is 6.04 Å². The molecule has 3 aromatic rings. The quantitative estimate of drug-likeness (QED) is 0.563. The molecule has 1 atom stereocenters. The van der Waals surface area contributed by atoms with Crippen LogP contribution in [-0.2, 0) is 13.5 Å². The van der Waals surface area contributed by atoms with E-state index in [4.69, 9.17) is 5.84 Å². The van der Waals surface area contributed by atoms with Gasteiger partial charge in [0.25, 0.3) is 0 Å². The highest BCUT2D eigenvalue weighted by Gasteiger charge is 2.14. The Morgan fingerprint density at radius 1 is 1.43 bits per heavy atom.